The lowest BCUT2D eigenvalue weighted by Gasteiger charge is -2.24. The minimum absolute atomic E-state index is 0.149. The van der Waals surface area contributed by atoms with Crippen molar-refractivity contribution in [2.75, 3.05) is 6.54 Å². The van der Waals surface area contributed by atoms with Gasteiger partial charge in [0.05, 0.1) is 11.6 Å². The minimum atomic E-state index is -0.638. The molecule has 1 aromatic heterocycles. The Morgan fingerprint density at radius 1 is 1.06 bits per heavy atom. The Labute approximate surface area is 197 Å². The summed E-state index contributed by atoms with van der Waals surface area (Å²) in [5.74, 6) is -0.647. The summed E-state index contributed by atoms with van der Waals surface area (Å²) in [5.41, 5.74) is 3.54. The number of Topliss-reactive ketones (excluding diaryl/α,β-unsaturated/α-hetero) is 1. The standard InChI is InChI=1S/C27H27NO4S/c1-4-13-28-23(26-17(2)12-14-33-26)22(25(30)27(28)31)24(29)20-10-11-21(18(3)15-20)32-16-19-8-6-5-7-9-19/h5-12,14-15,23,29H,4,13,16H2,1-3H3/b24-22-. The fraction of sp³-hybridized carbons (Fsp3) is 0.259. The second-order valence-electron chi connectivity index (χ2n) is 8.21. The molecule has 1 unspecified atom stereocenters. The molecular formula is C27H27NO4S. The Kier molecular flexibility index (Phi) is 6.65. The van der Waals surface area contributed by atoms with E-state index in [1.807, 2.05) is 62.5 Å². The van der Waals surface area contributed by atoms with E-state index >= 15 is 0 Å². The molecule has 2 aromatic carbocycles. The van der Waals surface area contributed by atoms with Crippen LogP contribution >= 0.6 is 11.3 Å². The molecule has 0 spiro atoms. The molecule has 4 rings (SSSR count). The van der Waals surface area contributed by atoms with E-state index in [-0.39, 0.29) is 11.3 Å². The Morgan fingerprint density at radius 2 is 1.82 bits per heavy atom. The van der Waals surface area contributed by atoms with Gasteiger partial charge in [0.25, 0.3) is 11.7 Å². The highest BCUT2D eigenvalue weighted by molar-refractivity contribution is 7.10. The molecule has 6 heteroatoms. The number of rotatable bonds is 7. The van der Waals surface area contributed by atoms with E-state index in [9.17, 15) is 14.7 Å². The van der Waals surface area contributed by atoms with Crippen molar-refractivity contribution < 1.29 is 19.4 Å². The molecule has 3 aromatic rings. The quantitative estimate of drug-likeness (QED) is 0.275. The maximum absolute atomic E-state index is 13.0. The molecule has 1 aliphatic heterocycles. The van der Waals surface area contributed by atoms with Gasteiger partial charge >= 0.3 is 0 Å². The number of likely N-dealkylation sites (tertiary alicyclic amines) is 1. The van der Waals surface area contributed by atoms with E-state index in [4.69, 9.17) is 4.74 Å². The average Bonchev–Trinajstić information content (AvgIpc) is 3.34. The van der Waals surface area contributed by atoms with Gasteiger partial charge in [0.2, 0.25) is 0 Å². The summed E-state index contributed by atoms with van der Waals surface area (Å²) < 4.78 is 5.94. The molecule has 2 heterocycles. The molecular weight excluding hydrogens is 434 g/mol. The van der Waals surface area contributed by atoms with Crippen LogP contribution in [0.1, 0.15) is 46.5 Å². The van der Waals surface area contributed by atoms with Crippen LogP contribution < -0.4 is 4.74 Å². The van der Waals surface area contributed by atoms with Crippen LogP contribution in [0.4, 0.5) is 0 Å². The second kappa shape index (κ2) is 9.63. The third-order valence-electron chi connectivity index (χ3n) is 5.84. The van der Waals surface area contributed by atoms with Crippen LogP contribution in [0, 0.1) is 13.8 Å². The van der Waals surface area contributed by atoms with Crippen LogP contribution in [0.15, 0.2) is 65.6 Å². The monoisotopic (exact) mass is 461 g/mol. The predicted molar refractivity (Wildman–Crippen MR) is 130 cm³/mol. The minimum Gasteiger partial charge on any atom is -0.507 e. The summed E-state index contributed by atoms with van der Waals surface area (Å²) in [5, 5.41) is 13.2. The molecule has 0 aliphatic carbocycles. The fourth-order valence-corrected chi connectivity index (χ4v) is 5.18. The van der Waals surface area contributed by atoms with Crippen LogP contribution in [-0.4, -0.2) is 28.2 Å². The number of thiophene rings is 1. The van der Waals surface area contributed by atoms with Crippen LogP contribution in [0.5, 0.6) is 5.75 Å². The number of aliphatic hydroxyl groups excluding tert-OH is 1. The summed E-state index contributed by atoms with van der Waals surface area (Å²) in [6, 6.07) is 16.6. The first kappa shape index (κ1) is 22.8. The van der Waals surface area contributed by atoms with Gasteiger partial charge in [-0.3, -0.25) is 9.59 Å². The Hall–Kier alpha value is -3.38. The number of carbonyl (C=O) groups is 2. The summed E-state index contributed by atoms with van der Waals surface area (Å²) in [6.07, 6.45) is 0.723. The predicted octanol–water partition coefficient (Wildman–Crippen LogP) is 5.78. The molecule has 1 saturated heterocycles. The number of aryl methyl sites for hydroxylation is 2. The van der Waals surface area contributed by atoms with Gasteiger partial charge in [-0.05, 0) is 66.6 Å². The van der Waals surface area contributed by atoms with Gasteiger partial charge < -0.3 is 14.7 Å². The number of hydrogen-bond donors (Lipinski definition) is 1. The van der Waals surface area contributed by atoms with Crippen molar-refractivity contribution in [3.05, 3.63) is 92.7 Å². The molecule has 0 radical (unpaired) electrons. The average molecular weight is 462 g/mol. The van der Waals surface area contributed by atoms with E-state index in [0.717, 1.165) is 28.0 Å². The highest BCUT2D eigenvalue weighted by Gasteiger charge is 2.46. The van der Waals surface area contributed by atoms with Gasteiger partial charge in [-0.1, -0.05) is 37.3 Å². The molecule has 1 aliphatic rings. The van der Waals surface area contributed by atoms with E-state index in [1.165, 1.54) is 11.3 Å². The molecule has 33 heavy (non-hydrogen) atoms. The van der Waals surface area contributed by atoms with Crippen LogP contribution in [0.25, 0.3) is 5.76 Å². The Balaban J connectivity index is 1.69. The van der Waals surface area contributed by atoms with Gasteiger partial charge in [0.15, 0.2) is 0 Å². The number of benzene rings is 2. The molecule has 1 fully saturated rings. The second-order valence-corrected chi connectivity index (χ2v) is 9.16. The zero-order valence-electron chi connectivity index (χ0n) is 19.0. The maximum Gasteiger partial charge on any atom is 0.295 e. The molecule has 5 nitrogen and oxygen atoms in total. The number of ketones is 1. The zero-order valence-corrected chi connectivity index (χ0v) is 19.8. The number of ether oxygens (including phenoxy) is 1. The summed E-state index contributed by atoms with van der Waals surface area (Å²) >= 11 is 1.50. The lowest BCUT2D eigenvalue weighted by molar-refractivity contribution is -0.139. The molecule has 1 amide bonds. The third-order valence-corrected chi connectivity index (χ3v) is 6.91. The van der Waals surface area contributed by atoms with Crippen molar-refractivity contribution in [1.29, 1.82) is 0 Å². The van der Waals surface area contributed by atoms with Crippen molar-refractivity contribution >= 4 is 28.8 Å². The van der Waals surface area contributed by atoms with E-state index in [0.29, 0.717) is 24.5 Å². The molecule has 170 valence electrons. The number of carbonyl (C=O) groups excluding carboxylic acids is 2. The summed E-state index contributed by atoms with van der Waals surface area (Å²) in [7, 11) is 0. The first-order valence-electron chi connectivity index (χ1n) is 11.0. The van der Waals surface area contributed by atoms with Gasteiger partial charge in [0, 0.05) is 17.0 Å². The van der Waals surface area contributed by atoms with Crippen LogP contribution in [0.2, 0.25) is 0 Å². The van der Waals surface area contributed by atoms with Gasteiger partial charge in [-0.2, -0.15) is 0 Å². The summed E-state index contributed by atoms with van der Waals surface area (Å²) in [6.45, 7) is 6.71. The van der Waals surface area contributed by atoms with Crippen LogP contribution in [0.3, 0.4) is 0 Å². The maximum atomic E-state index is 13.0. The molecule has 1 N–H and O–H groups in total. The molecule has 1 atom stereocenters. The SMILES string of the molecule is CCCN1C(=O)C(=O)/C(=C(\O)c2ccc(OCc3ccccc3)c(C)c2)C1c1sccc1C. The largest absolute Gasteiger partial charge is 0.507 e. The fourth-order valence-electron chi connectivity index (χ4n) is 4.14. The van der Waals surface area contributed by atoms with Crippen molar-refractivity contribution in [1.82, 2.24) is 4.90 Å². The third kappa shape index (κ3) is 4.44. The van der Waals surface area contributed by atoms with Crippen molar-refractivity contribution in [3.8, 4) is 5.75 Å². The topological polar surface area (TPSA) is 66.8 Å². The number of aliphatic hydroxyl groups is 1. The van der Waals surface area contributed by atoms with E-state index in [2.05, 4.69) is 0 Å². The Bertz CT molecular complexity index is 1210. The first-order valence-corrected chi connectivity index (χ1v) is 11.9. The smallest absolute Gasteiger partial charge is 0.295 e. The lowest BCUT2D eigenvalue weighted by atomic mass is 9.97. The number of nitrogens with zero attached hydrogens (tertiary/aromatic N) is 1. The highest BCUT2D eigenvalue weighted by Crippen LogP contribution is 2.42. The first-order chi connectivity index (χ1) is 15.9. The Morgan fingerprint density at radius 3 is 2.45 bits per heavy atom. The van der Waals surface area contributed by atoms with Crippen LogP contribution in [-0.2, 0) is 16.2 Å². The van der Waals surface area contributed by atoms with Gasteiger partial charge in [-0.15, -0.1) is 11.3 Å². The van der Waals surface area contributed by atoms with Crippen molar-refractivity contribution in [2.24, 2.45) is 0 Å². The number of hydrogen-bond acceptors (Lipinski definition) is 5. The summed E-state index contributed by atoms with van der Waals surface area (Å²) in [4.78, 5) is 28.3. The lowest BCUT2D eigenvalue weighted by Crippen LogP contribution is -2.30. The van der Waals surface area contributed by atoms with Gasteiger partial charge in [-0.25, -0.2) is 0 Å². The zero-order chi connectivity index (χ0) is 23.5. The van der Waals surface area contributed by atoms with E-state index in [1.54, 1.807) is 23.1 Å². The molecule has 0 saturated carbocycles. The van der Waals surface area contributed by atoms with Gasteiger partial charge in [0.1, 0.15) is 18.1 Å². The van der Waals surface area contributed by atoms with Crippen molar-refractivity contribution in [3.63, 3.8) is 0 Å². The van der Waals surface area contributed by atoms with Crippen molar-refractivity contribution in [2.45, 2.75) is 39.8 Å². The normalized spacial score (nSPS) is 17.5. The molecule has 0 bridgehead atoms. The highest BCUT2D eigenvalue weighted by atomic mass is 32.1. The van der Waals surface area contributed by atoms with E-state index < -0.39 is 17.7 Å². The number of amides is 1.